The first-order chi connectivity index (χ1) is 11.5. The minimum atomic E-state index is 0.118. The molecule has 0 fully saturated rings. The molecule has 0 saturated heterocycles. The summed E-state index contributed by atoms with van der Waals surface area (Å²) in [5.41, 5.74) is 3.78. The first-order valence-corrected chi connectivity index (χ1v) is 8.43. The molecule has 0 atom stereocenters. The number of nitrogens with zero attached hydrogens (tertiary/aromatic N) is 5. The van der Waals surface area contributed by atoms with Crippen molar-refractivity contribution in [2.45, 2.75) is 31.1 Å². The molecule has 0 saturated carbocycles. The van der Waals surface area contributed by atoms with Crippen molar-refractivity contribution in [2.75, 3.05) is 5.32 Å². The number of anilines is 2. The van der Waals surface area contributed by atoms with Crippen LogP contribution >= 0.6 is 23.4 Å². The Morgan fingerprint density at radius 1 is 0.875 bits per heavy atom. The average Bonchev–Trinajstić information content (AvgIpc) is 2.48. The van der Waals surface area contributed by atoms with Crippen LogP contribution in [-0.2, 0) is 0 Å². The largest absolute Gasteiger partial charge is 0.324 e. The molecular weight excluding hydrogens is 344 g/mol. The molecule has 0 amide bonds. The minimum Gasteiger partial charge on any atom is -0.324 e. The van der Waals surface area contributed by atoms with Gasteiger partial charge in [0, 0.05) is 17.1 Å². The van der Waals surface area contributed by atoms with Crippen molar-refractivity contribution < 1.29 is 0 Å². The van der Waals surface area contributed by atoms with E-state index < -0.39 is 0 Å². The molecule has 0 aliphatic heterocycles. The maximum atomic E-state index is 6.03. The van der Waals surface area contributed by atoms with E-state index in [2.05, 4.69) is 30.2 Å². The lowest BCUT2D eigenvalue weighted by atomic mass is 10.2. The van der Waals surface area contributed by atoms with Crippen molar-refractivity contribution >= 4 is 35.0 Å². The summed E-state index contributed by atoms with van der Waals surface area (Å²) in [6.07, 6.45) is 0. The predicted molar refractivity (Wildman–Crippen MR) is 94.9 cm³/mol. The standard InChI is InChI=1S/C16H15ClN6S/c1-9-6-4-5-7-12(9)20-14-21-13(17)22-16(23-14)24-15-18-10(2)8-11(3)19-15/h4-8H,1-3H3,(H,20,21,22,23). The molecule has 0 radical (unpaired) electrons. The Kier molecular flexibility index (Phi) is 4.92. The molecule has 0 unspecified atom stereocenters. The summed E-state index contributed by atoms with van der Waals surface area (Å²) >= 11 is 7.28. The minimum absolute atomic E-state index is 0.118. The van der Waals surface area contributed by atoms with Crippen LogP contribution < -0.4 is 5.32 Å². The first kappa shape index (κ1) is 16.6. The lowest BCUT2D eigenvalue weighted by Crippen LogP contribution is -2.02. The molecule has 1 aromatic carbocycles. The van der Waals surface area contributed by atoms with Gasteiger partial charge >= 0.3 is 0 Å². The van der Waals surface area contributed by atoms with Gasteiger partial charge in [-0.05, 0) is 61.8 Å². The topological polar surface area (TPSA) is 76.5 Å². The second-order valence-electron chi connectivity index (χ2n) is 5.19. The Morgan fingerprint density at radius 2 is 1.54 bits per heavy atom. The highest BCUT2D eigenvalue weighted by molar-refractivity contribution is 7.99. The van der Waals surface area contributed by atoms with E-state index in [9.17, 15) is 0 Å². The Bertz CT molecular complexity index is 866. The molecule has 2 heterocycles. The van der Waals surface area contributed by atoms with Crippen LogP contribution in [0.25, 0.3) is 0 Å². The normalized spacial score (nSPS) is 10.7. The second-order valence-corrected chi connectivity index (χ2v) is 6.46. The first-order valence-electron chi connectivity index (χ1n) is 7.24. The van der Waals surface area contributed by atoms with Crippen molar-refractivity contribution in [2.24, 2.45) is 0 Å². The summed E-state index contributed by atoms with van der Waals surface area (Å²) in [5, 5.41) is 4.30. The summed E-state index contributed by atoms with van der Waals surface area (Å²) in [6, 6.07) is 9.78. The highest BCUT2D eigenvalue weighted by Crippen LogP contribution is 2.25. The lowest BCUT2D eigenvalue weighted by molar-refractivity contribution is 0.874. The van der Waals surface area contributed by atoms with Gasteiger partial charge < -0.3 is 5.32 Å². The molecular formula is C16H15ClN6S. The molecule has 0 bridgehead atoms. The molecule has 3 aromatic rings. The number of aromatic nitrogens is 5. The van der Waals surface area contributed by atoms with Gasteiger partial charge in [0.05, 0.1) is 0 Å². The zero-order valence-electron chi connectivity index (χ0n) is 13.4. The Morgan fingerprint density at radius 3 is 2.25 bits per heavy atom. The van der Waals surface area contributed by atoms with E-state index in [1.54, 1.807) is 0 Å². The number of nitrogens with one attached hydrogen (secondary N) is 1. The number of hydrogen-bond acceptors (Lipinski definition) is 7. The summed E-state index contributed by atoms with van der Waals surface area (Å²) in [6.45, 7) is 5.85. The number of halogens is 1. The van der Waals surface area contributed by atoms with Crippen molar-refractivity contribution in [1.29, 1.82) is 0 Å². The van der Waals surface area contributed by atoms with Gasteiger partial charge in [0.15, 0.2) is 5.16 Å². The van der Waals surface area contributed by atoms with Crippen LogP contribution in [0.4, 0.5) is 11.6 Å². The monoisotopic (exact) mass is 358 g/mol. The Balaban J connectivity index is 1.87. The summed E-state index contributed by atoms with van der Waals surface area (Å²) in [4.78, 5) is 21.4. The Hall–Kier alpha value is -2.25. The molecule has 0 aliphatic carbocycles. The quantitative estimate of drug-likeness (QED) is 0.702. The highest BCUT2D eigenvalue weighted by atomic mass is 35.5. The van der Waals surface area contributed by atoms with E-state index in [4.69, 9.17) is 11.6 Å². The third-order valence-electron chi connectivity index (χ3n) is 3.12. The van der Waals surface area contributed by atoms with Crippen molar-refractivity contribution in [1.82, 2.24) is 24.9 Å². The maximum Gasteiger partial charge on any atom is 0.232 e. The van der Waals surface area contributed by atoms with Crippen LogP contribution in [0.1, 0.15) is 17.0 Å². The third kappa shape index (κ3) is 4.18. The van der Waals surface area contributed by atoms with Crippen LogP contribution in [-0.4, -0.2) is 24.9 Å². The van der Waals surface area contributed by atoms with Crippen LogP contribution in [0.5, 0.6) is 0 Å². The molecule has 6 nitrogen and oxygen atoms in total. The molecule has 122 valence electrons. The van der Waals surface area contributed by atoms with Gasteiger partial charge in [0.2, 0.25) is 16.4 Å². The number of para-hydroxylation sites is 1. The molecule has 0 aliphatic rings. The zero-order chi connectivity index (χ0) is 17.1. The van der Waals surface area contributed by atoms with Gasteiger partial charge in [0.25, 0.3) is 0 Å². The Labute approximate surface area is 149 Å². The zero-order valence-corrected chi connectivity index (χ0v) is 15.0. The summed E-state index contributed by atoms with van der Waals surface area (Å²) in [7, 11) is 0. The SMILES string of the molecule is Cc1cc(C)nc(Sc2nc(Cl)nc(Nc3ccccc3C)n2)n1. The maximum absolute atomic E-state index is 6.03. The van der Waals surface area contributed by atoms with Crippen molar-refractivity contribution in [3.05, 3.63) is 52.6 Å². The van der Waals surface area contributed by atoms with Gasteiger partial charge in [0.1, 0.15) is 0 Å². The highest BCUT2D eigenvalue weighted by Gasteiger charge is 2.10. The lowest BCUT2D eigenvalue weighted by Gasteiger charge is -2.08. The number of rotatable bonds is 4. The van der Waals surface area contributed by atoms with Crippen LogP contribution in [0, 0.1) is 20.8 Å². The van der Waals surface area contributed by atoms with E-state index in [1.807, 2.05) is 51.1 Å². The third-order valence-corrected chi connectivity index (χ3v) is 4.02. The van der Waals surface area contributed by atoms with E-state index in [-0.39, 0.29) is 5.28 Å². The number of aryl methyl sites for hydroxylation is 3. The molecule has 1 N–H and O–H groups in total. The number of benzene rings is 1. The van der Waals surface area contributed by atoms with Crippen LogP contribution in [0.3, 0.4) is 0 Å². The molecule has 8 heteroatoms. The van der Waals surface area contributed by atoms with Crippen LogP contribution in [0.15, 0.2) is 40.6 Å². The summed E-state index contributed by atoms with van der Waals surface area (Å²) < 4.78 is 0. The van der Waals surface area contributed by atoms with E-state index in [0.717, 1.165) is 22.6 Å². The van der Waals surface area contributed by atoms with E-state index in [1.165, 1.54) is 11.8 Å². The second kappa shape index (κ2) is 7.11. The van der Waals surface area contributed by atoms with Crippen molar-refractivity contribution in [3.8, 4) is 0 Å². The number of hydrogen-bond donors (Lipinski definition) is 1. The van der Waals surface area contributed by atoms with Gasteiger partial charge in [-0.25, -0.2) is 9.97 Å². The van der Waals surface area contributed by atoms with Gasteiger partial charge in [-0.15, -0.1) is 0 Å². The fraction of sp³-hybridized carbons (Fsp3) is 0.188. The fourth-order valence-corrected chi connectivity index (χ4v) is 3.10. The van der Waals surface area contributed by atoms with E-state index >= 15 is 0 Å². The molecule has 0 spiro atoms. The molecule has 24 heavy (non-hydrogen) atoms. The van der Waals surface area contributed by atoms with Gasteiger partial charge in [-0.2, -0.15) is 15.0 Å². The predicted octanol–water partition coefficient (Wildman–Crippen LogP) is 4.14. The smallest absolute Gasteiger partial charge is 0.232 e. The molecule has 2 aromatic heterocycles. The van der Waals surface area contributed by atoms with Gasteiger partial charge in [-0.1, -0.05) is 18.2 Å². The van der Waals surface area contributed by atoms with E-state index in [0.29, 0.717) is 16.3 Å². The molecule has 3 rings (SSSR count). The van der Waals surface area contributed by atoms with Crippen molar-refractivity contribution in [3.63, 3.8) is 0 Å². The van der Waals surface area contributed by atoms with Gasteiger partial charge in [-0.3, -0.25) is 0 Å². The summed E-state index contributed by atoms with van der Waals surface area (Å²) in [5.74, 6) is 0.385. The van der Waals surface area contributed by atoms with Crippen LogP contribution in [0.2, 0.25) is 5.28 Å². The fourth-order valence-electron chi connectivity index (χ4n) is 2.09. The average molecular weight is 359 g/mol.